The number of nitrogens with one attached hydrogen (secondary N) is 1. The summed E-state index contributed by atoms with van der Waals surface area (Å²) in [6, 6.07) is 10.2. The minimum Gasteiger partial charge on any atom is -0.481 e. The Balaban J connectivity index is 1.89. The number of thiophene rings is 1. The summed E-state index contributed by atoms with van der Waals surface area (Å²) in [5, 5.41) is 5.47. The highest BCUT2D eigenvalue weighted by atomic mass is 79.9. The molecule has 1 aliphatic rings. The first-order chi connectivity index (χ1) is 7.83. The van der Waals surface area contributed by atoms with Crippen molar-refractivity contribution in [2.24, 2.45) is 0 Å². The van der Waals surface area contributed by atoms with Gasteiger partial charge in [-0.2, -0.15) is 0 Å². The third-order valence-electron chi connectivity index (χ3n) is 2.55. The molecular formula is C12H10BrNOS. The first kappa shape index (κ1) is 10.2. The molecule has 1 atom stereocenters. The van der Waals surface area contributed by atoms with Crippen molar-refractivity contribution in [3.8, 4) is 5.75 Å². The van der Waals surface area contributed by atoms with E-state index in [1.165, 1.54) is 4.88 Å². The molecule has 4 heteroatoms. The average molecular weight is 296 g/mol. The normalized spacial score (nSPS) is 18.4. The maximum absolute atomic E-state index is 5.96. The van der Waals surface area contributed by atoms with E-state index in [4.69, 9.17) is 4.74 Å². The number of fused-ring (bicyclic) bond motifs is 1. The van der Waals surface area contributed by atoms with Crippen LogP contribution in [-0.4, -0.2) is 6.54 Å². The van der Waals surface area contributed by atoms with E-state index in [9.17, 15) is 0 Å². The van der Waals surface area contributed by atoms with Crippen molar-refractivity contribution < 1.29 is 4.74 Å². The molecule has 82 valence electrons. The molecule has 16 heavy (non-hydrogen) atoms. The summed E-state index contributed by atoms with van der Waals surface area (Å²) in [7, 11) is 0. The van der Waals surface area contributed by atoms with Crippen LogP contribution < -0.4 is 10.1 Å². The summed E-state index contributed by atoms with van der Waals surface area (Å²) >= 11 is 5.18. The van der Waals surface area contributed by atoms with Gasteiger partial charge in [0.1, 0.15) is 5.75 Å². The number of hydrogen-bond donors (Lipinski definition) is 1. The first-order valence-electron chi connectivity index (χ1n) is 5.06. The van der Waals surface area contributed by atoms with E-state index in [1.807, 2.05) is 18.2 Å². The van der Waals surface area contributed by atoms with Crippen LogP contribution in [0.4, 0.5) is 5.69 Å². The summed E-state index contributed by atoms with van der Waals surface area (Å²) in [6.07, 6.45) is 0.133. The fourth-order valence-electron chi connectivity index (χ4n) is 1.77. The molecule has 0 saturated carbocycles. The second-order valence-electron chi connectivity index (χ2n) is 3.64. The van der Waals surface area contributed by atoms with Crippen LogP contribution in [-0.2, 0) is 0 Å². The van der Waals surface area contributed by atoms with Gasteiger partial charge in [-0.05, 0) is 29.6 Å². The Hall–Kier alpha value is -1.00. The van der Waals surface area contributed by atoms with Crippen molar-refractivity contribution in [3.05, 3.63) is 45.1 Å². The van der Waals surface area contributed by atoms with Gasteiger partial charge in [0.25, 0.3) is 0 Å². The van der Waals surface area contributed by atoms with Gasteiger partial charge >= 0.3 is 0 Å². The quantitative estimate of drug-likeness (QED) is 0.857. The molecule has 3 rings (SSSR count). The van der Waals surface area contributed by atoms with Crippen LogP contribution in [0.1, 0.15) is 11.0 Å². The highest BCUT2D eigenvalue weighted by Crippen LogP contribution is 2.36. The largest absolute Gasteiger partial charge is 0.481 e. The van der Waals surface area contributed by atoms with Crippen molar-refractivity contribution >= 4 is 33.0 Å². The van der Waals surface area contributed by atoms with Gasteiger partial charge in [0.15, 0.2) is 6.10 Å². The van der Waals surface area contributed by atoms with Gasteiger partial charge in [0.05, 0.1) is 12.2 Å². The maximum atomic E-state index is 5.96. The zero-order chi connectivity index (χ0) is 11.0. The van der Waals surface area contributed by atoms with Crippen LogP contribution in [0, 0.1) is 0 Å². The Labute approximate surface area is 106 Å². The van der Waals surface area contributed by atoms with Crippen molar-refractivity contribution in [1.29, 1.82) is 0 Å². The highest BCUT2D eigenvalue weighted by molar-refractivity contribution is 9.10. The van der Waals surface area contributed by atoms with Gasteiger partial charge < -0.3 is 10.1 Å². The van der Waals surface area contributed by atoms with Gasteiger partial charge in [0, 0.05) is 9.35 Å². The second-order valence-corrected chi connectivity index (χ2v) is 5.54. The average Bonchev–Trinajstić information content (AvgIpc) is 2.82. The molecule has 0 fully saturated rings. The van der Waals surface area contributed by atoms with E-state index in [-0.39, 0.29) is 6.10 Å². The third-order valence-corrected chi connectivity index (χ3v) is 4.01. The predicted octanol–water partition coefficient (Wildman–Crippen LogP) is 4.06. The molecular weight excluding hydrogens is 286 g/mol. The van der Waals surface area contributed by atoms with E-state index < -0.39 is 0 Å². The lowest BCUT2D eigenvalue weighted by atomic mass is 10.2. The first-order valence-corrected chi connectivity index (χ1v) is 6.74. The Morgan fingerprint density at radius 3 is 3.12 bits per heavy atom. The zero-order valence-electron chi connectivity index (χ0n) is 8.44. The number of ether oxygens (including phenoxy) is 1. The third kappa shape index (κ3) is 1.83. The standard InChI is InChI=1S/C12H10BrNOS/c13-8-3-4-10-9(6-8)14-7-11(15-10)12-2-1-5-16-12/h1-6,11,14H,7H2. The monoisotopic (exact) mass is 295 g/mol. The molecule has 2 heterocycles. The van der Waals surface area contributed by atoms with Crippen LogP contribution >= 0.6 is 27.3 Å². The van der Waals surface area contributed by atoms with Crippen LogP contribution in [0.25, 0.3) is 0 Å². The van der Waals surface area contributed by atoms with E-state index in [0.29, 0.717) is 0 Å². The molecule has 1 unspecified atom stereocenters. The number of rotatable bonds is 1. The van der Waals surface area contributed by atoms with Gasteiger partial charge in [-0.3, -0.25) is 0 Å². The van der Waals surface area contributed by atoms with Crippen molar-refractivity contribution in [2.75, 3.05) is 11.9 Å². The minimum absolute atomic E-state index is 0.133. The van der Waals surface area contributed by atoms with E-state index in [2.05, 4.69) is 38.8 Å². The molecule has 0 saturated heterocycles. The number of hydrogen-bond acceptors (Lipinski definition) is 3. The van der Waals surface area contributed by atoms with Gasteiger partial charge in [0.2, 0.25) is 0 Å². The zero-order valence-corrected chi connectivity index (χ0v) is 10.8. The minimum atomic E-state index is 0.133. The van der Waals surface area contributed by atoms with Gasteiger partial charge in [-0.1, -0.05) is 22.0 Å². The van der Waals surface area contributed by atoms with Crippen molar-refractivity contribution in [1.82, 2.24) is 0 Å². The molecule has 1 aliphatic heterocycles. The summed E-state index contributed by atoms with van der Waals surface area (Å²) in [6.45, 7) is 0.823. The smallest absolute Gasteiger partial charge is 0.150 e. The molecule has 0 aliphatic carbocycles. The fourth-order valence-corrected chi connectivity index (χ4v) is 2.89. The summed E-state index contributed by atoms with van der Waals surface area (Å²) in [4.78, 5) is 1.26. The van der Waals surface area contributed by atoms with Crippen molar-refractivity contribution in [2.45, 2.75) is 6.10 Å². The Morgan fingerprint density at radius 1 is 1.38 bits per heavy atom. The number of anilines is 1. The molecule has 1 aromatic heterocycles. The van der Waals surface area contributed by atoms with Crippen molar-refractivity contribution in [3.63, 3.8) is 0 Å². The second kappa shape index (κ2) is 4.11. The van der Waals surface area contributed by atoms with Gasteiger partial charge in [-0.15, -0.1) is 11.3 Å². The maximum Gasteiger partial charge on any atom is 0.150 e. The van der Waals surface area contributed by atoms with Crippen LogP contribution in [0.2, 0.25) is 0 Å². The van der Waals surface area contributed by atoms with Crippen LogP contribution in [0.5, 0.6) is 5.75 Å². The Morgan fingerprint density at radius 2 is 2.31 bits per heavy atom. The Kier molecular flexibility index (Phi) is 2.61. The van der Waals surface area contributed by atoms with Crippen LogP contribution in [0.15, 0.2) is 40.2 Å². The topological polar surface area (TPSA) is 21.3 Å². The lowest BCUT2D eigenvalue weighted by molar-refractivity contribution is 0.214. The highest BCUT2D eigenvalue weighted by Gasteiger charge is 2.21. The predicted molar refractivity (Wildman–Crippen MR) is 70.3 cm³/mol. The number of halogens is 1. The molecule has 0 spiro atoms. The SMILES string of the molecule is Brc1ccc2c(c1)NCC(c1cccs1)O2. The molecule has 2 nitrogen and oxygen atoms in total. The van der Waals surface area contributed by atoms with E-state index in [0.717, 1.165) is 22.5 Å². The van der Waals surface area contributed by atoms with E-state index >= 15 is 0 Å². The summed E-state index contributed by atoms with van der Waals surface area (Å²) in [5.41, 5.74) is 1.06. The van der Waals surface area contributed by atoms with Crippen LogP contribution in [0.3, 0.4) is 0 Å². The van der Waals surface area contributed by atoms with Gasteiger partial charge in [-0.25, -0.2) is 0 Å². The lowest BCUT2D eigenvalue weighted by Crippen LogP contribution is -2.22. The summed E-state index contributed by atoms with van der Waals surface area (Å²) in [5.74, 6) is 0.924. The summed E-state index contributed by atoms with van der Waals surface area (Å²) < 4.78 is 7.02. The lowest BCUT2D eigenvalue weighted by Gasteiger charge is -2.26. The molecule has 1 N–H and O–H groups in total. The van der Waals surface area contributed by atoms with E-state index in [1.54, 1.807) is 11.3 Å². The molecule has 0 bridgehead atoms. The fraction of sp³-hybridized carbons (Fsp3) is 0.167. The molecule has 0 amide bonds. The number of benzene rings is 1. The Bertz CT molecular complexity index is 498. The molecule has 2 aromatic rings. The molecule has 1 aromatic carbocycles. The molecule has 0 radical (unpaired) electrons.